The quantitative estimate of drug-likeness (QED) is 0.848. The van der Waals surface area contributed by atoms with Gasteiger partial charge in [0.15, 0.2) is 5.82 Å². The zero-order valence-electron chi connectivity index (χ0n) is 14.5. The van der Waals surface area contributed by atoms with Crippen LogP contribution in [-0.2, 0) is 16.8 Å². The molecule has 6 heteroatoms. The number of aromatic nitrogens is 3. The van der Waals surface area contributed by atoms with E-state index in [2.05, 4.69) is 22.4 Å². The molecule has 3 rings (SSSR count). The molecule has 0 aliphatic heterocycles. The Kier molecular flexibility index (Phi) is 4.55. The van der Waals surface area contributed by atoms with E-state index in [4.69, 9.17) is 4.74 Å². The number of carbonyl (C=O) groups excluding carboxylic acids is 1. The normalized spacial score (nSPS) is 16.5. The summed E-state index contributed by atoms with van der Waals surface area (Å²) in [7, 11) is 1.64. The molecule has 1 saturated carbocycles. The monoisotopic (exact) mass is 328 g/mol. The van der Waals surface area contributed by atoms with Gasteiger partial charge in [-0.3, -0.25) is 4.79 Å². The number of rotatable bonds is 7. The van der Waals surface area contributed by atoms with Gasteiger partial charge >= 0.3 is 0 Å². The standard InChI is InChI=1S/C18H24N4O2/c1-4-11-22-12-19-21-16(22)13(2)20-17(23)18(9-10-18)14-5-7-15(24-3)8-6-14/h5-8,12-13H,4,9-11H2,1-3H3,(H,20,23)/t13-/m1/s1. The zero-order chi connectivity index (χ0) is 17.2. The Labute approximate surface area is 142 Å². The smallest absolute Gasteiger partial charge is 0.231 e. The van der Waals surface area contributed by atoms with E-state index >= 15 is 0 Å². The lowest BCUT2D eigenvalue weighted by molar-refractivity contribution is -0.124. The maximum atomic E-state index is 12.9. The molecule has 0 radical (unpaired) electrons. The predicted molar refractivity (Wildman–Crippen MR) is 90.8 cm³/mol. The van der Waals surface area contributed by atoms with E-state index in [1.165, 1.54) is 0 Å². The van der Waals surface area contributed by atoms with Crippen LogP contribution >= 0.6 is 0 Å². The van der Waals surface area contributed by atoms with Gasteiger partial charge in [0.05, 0.1) is 18.6 Å². The van der Waals surface area contributed by atoms with Gasteiger partial charge < -0.3 is 14.6 Å². The van der Waals surface area contributed by atoms with Crippen LogP contribution in [0.1, 0.15) is 50.5 Å². The van der Waals surface area contributed by atoms with Gasteiger partial charge in [0.2, 0.25) is 5.91 Å². The highest BCUT2D eigenvalue weighted by Crippen LogP contribution is 2.49. The van der Waals surface area contributed by atoms with E-state index in [1.807, 2.05) is 35.8 Å². The minimum atomic E-state index is -0.407. The third-order valence-electron chi connectivity index (χ3n) is 4.67. The van der Waals surface area contributed by atoms with Gasteiger partial charge in [-0.25, -0.2) is 0 Å². The number of hydrogen-bond donors (Lipinski definition) is 1. The number of nitrogens with one attached hydrogen (secondary N) is 1. The summed E-state index contributed by atoms with van der Waals surface area (Å²) in [5.41, 5.74) is 0.638. The summed E-state index contributed by atoms with van der Waals surface area (Å²) in [6, 6.07) is 7.61. The van der Waals surface area contributed by atoms with Gasteiger partial charge in [-0.05, 0) is 43.9 Å². The SMILES string of the molecule is CCCn1cnnc1[C@@H](C)NC(=O)C1(c2ccc(OC)cc2)CC1. The first-order chi connectivity index (χ1) is 11.6. The second-order valence-corrected chi connectivity index (χ2v) is 6.39. The molecule has 1 aliphatic carbocycles. The molecule has 1 fully saturated rings. The molecule has 128 valence electrons. The Morgan fingerprint density at radius 2 is 2.08 bits per heavy atom. The summed E-state index contributed by atoms with van der Waals surface area (Å²) < 4.78 is 7.19. The molecule has 2 aromatic rings. The molecular weight excluding hydrogens is 304 g/mol. The topological polar surface area (TPSA) is 69.0 Å². The van der Waals surface area contributed by atoms with Crippen molar-refractivity contribution in [1.29, 1.82) is 0 Å². The average molecular weight is 328 g/mol. The Morgan fingerprint density at radius 1 is 1.38 bits per heavy atom. The molecular formula is C18H24N4O2. The maximum absolute atomic E-state index is 12.9. The van der Waals surface area contributed by atoms with E-state index in [0.29, 0.717) is 0 Å². The molecule has 1 aromatic carbocycles. The maximum Gasteiger partial charge on any atom is 0.231 e. The molecule has 0 unspecified atom stereocenters. The lowest BCUT2D eigenvalue weighted by Crippen LogP contribution is -2.37. The highest BCUT2D eigenvalue weighted by Gasteiger charge is 2.51. The van der Waals surface area contributed by atoms with E-state index in [0.717, 1.165) is 42.9 Å². The number of ether oxygens (including phenoxy) is 1. The third-order valence-corrected chi connectivity index (χ3v) is 4.67. The van der Waals surface area contributed by atoms with Crippen molar-refractivity contribution in [3.05, 3.63) is 42.0 Å². The third kappa shape index (κ3) is 3.00. The lowest BCUT2D eigenvalue weighted by atomic mass is 9.94. The largest absolute Gasteiger partial charge is 0.497 e. The van der Waals surface area contributed by atoms with Crippen LogP contribution in [0.15, 0.2) is 30.6 Å². The van der Waals surface area contributed by atoms with E-state index in [1.54, 1.807) is 13.4 Å². The van der Waals surface area contributed by atoms with Crippen molar-refractivity contribution in [2.24, 2.45) is 0 Å². The Hall–Kier alpha value is -2.37. The summed E-state index contributed by atoms with van der Waals surface area (Å²) >= 11 is 0. The highest BCUT2D eigenvalue weighted by molar-refractivity contribution is 5.91. The fraction of sp³-hybridized carbons (Fsp3) is 0.500. The number of carbonyl (C=O) groups is 1. The first-order valence-electron chi connectivity index (χ1n) is 8.44. The number of benzene rings is 1. The fourth-order valence-corrected chi connectivity index (χ4v) is 3.09. The van der Waals surface area contributed by atoms with Crippen LogP contribution in [0.2, 0.25) is 0 Å². The van der Waals surface area contributed by atoms with Crippen LogP contribution in [-0.4, -0.2) is 27.8 Å². The first-order valence-corrected chi connectivity index (χ1v) is 8.44. The number of nitrogens with zero attached hydrogens (tertiary/aromatic N) is 3. The minimum Gasteiger partial charge on any atom is -0.497 e. The van der Waals surface area contributed by atoms with Crippen molar-refractivity contribution in [3.63, 3.8) is 0 Å². The van der Waals surface area contributed by atoms with Crippen molar-refractivity contribution in [2.45, 2.75) is 51.1 Å². The van der Waals surface area contributed by atoms with Crippen molar-refractivity contribution in [2.75, 3.05) is 7.11 Å². The molecule has 1 heterocycles. The molecule has 1 N–H and O–H groups in total. The highest BCUT2D eigenvalue weighted by atomic mass is 16.5. The van der Waals surface area contributed by atoms with Crippen LogP contribution in [0.25, 0.3) is 0 Å². The molecule has 1 atom stereocenters. The minimum absolute atomic E-state index is 0.0613. The summed E-state index contributed by atoms with van der Waals surface area (Å²) in [6.45, 7) is 4.92. The Balaban J connectivity index is 1.72. The number of amides is 1. The number of hydrogen-bond acceptors (Lipinski definition) is 4. The summed E-state index contributed by atoms with van der Waals surface area (Å²) in [5.74, 6) is 1.66. The second kappa shape index (κ2) is 6.63. The lowest BCUT2D eigenvalue weighted by Gasteiger charge is -2.20. The van der Waals surface area contributed by atoms with Crippen LogP contribution in [0, 0.1) is 0 Å². The van der Waals surface area contributed by atoms with Crippen LogP contribution < -0.4 is 10.1 Å². The summed E-state index contributed by atoms with van der Waals surface area (Å²) in [6.07, 6.45) is 4.47. The molecule has 1 amide bonds. The molecule has 0 bridgehead atoms. The fourth-order valence-electron chi connectivity index (χ4n) is 3.09. The zero-order valence-corrected chi connectivity index (χ0v) is 14.5. The first kappa shape index (κ1) is 16.5. The van der Waals surface area contributed by atoms with Crippen LogP contribution in [0.3, 0.4) is 0 Å². The number of aryl methyl sites for hydroxylation is 1. The number of methoxy groups -OCH3 is 1. The Morgan fingerprint density at radius 3 is 2.67 bits per heavy atom. The Bertz CT molecular complexity index is 704. The van der Waals surface area contributed by atoms with Gasteiger partial charge in [-0.2, -0.15) is 0 Å². The molecule has 0 saturated heterocycles. The van der Waals surface area contributed by atoms with Crippen molar-refractivity contribution in [1.82, 2.24) is 20.1 Å². The van der Waals surface area contributed by atoms with E-state index in [-0.39, 0.29) is 11.9 Å². The molecule has 0 spiro atoms. The van der Waals surface area contributed by atoms with Crippen molar-refractivity contribution >= 4 is 5.91 Å². The van der Waals surface area contributed by atoms with Gasteiger partial charge in [0, 0.05) is 6.54 Å². The summed E-state index contributed by atoms with van der Waals surface area (Å²) in [5, 5.41) is 11.3. The van der Waals surface area contributed by atoms with E-state index < -0.39 is 5.41 Å². The molecule has 6 nitrogen and oxygen atoms in total. The molecule has 1 aromatic heterocycles. The predicted octanol–water partition coefficient (Wildman–Crippen LogP) is 2.61. The van der Waals surface area contributed by atoms with Gasteiger partial charge in [-0.15, -0.1) is 10.2 Å². The van der Waals surface area contributed by atoms with Gasteiger partial charge in [0.1, 0.15) is 12.1 Å². The van der Waals surface area contributed by atoms with Gasteiger partial charge in [-0.1, -0.05) is 19.1 Å². The van der Waals surface area contributed by atoms with Crippen molar-refractivity contribution < 1.29 is 9.53 Å². The van der Waals surface area contributed by atoms with Gasteiger partial charge in [0.25, 0.3) is 0 Å². The van der Waals surface area contributed by atoms with Crippen molar-refractivity contribution in [3.8, 4) is 5.75 Å². The summed E-state index contributed by atoms with van der Waals surface area (Å²) in [4.78, 5) is 12.9. The molecule has 1 aliphatic rings. The average Bonchev–Trinajstić information content (AvgIpc) is 3.28. The van der Waals surface area contributed by atoms with Crippen LogP contribution in [0.4, 0.5) is 0 Å². The van der Waals surface area contributed by atoms with E-state index in [9.17, 15) is 4.79 Å². The second-order valence-electron chi connectivity index (χ2n) is 6.39. The van der Waals surface area contributed by atoms with Crippen LogP contribution in [0.5, 0.6) is 5.75 Å². The molecule has 24 heavy (non-hydrogen) atoms.